The van der Waals surface area contributed by atoms with Crippen molar-refractivity contribution in [1.82, 2.24) is 20.5 Å². The van der Waals surface area contributed by atoms with Crippen LogP contribution in [0.2, 0.25) is 0 Å². The van der Waals surface area contributed by atoms with Gasteiger partial charge in [-0.2, -0.15) is 0 Å². The summed E-state index contributed by atoms with van der Waals surface area (Å²) in [4.78, 5) is 70.0. The number of nitrogens with zero attached hydrogens (tertiary/aromatic N) is 2. The molecule has 1 aliphatic rings. The number of nitrogens with two attached hydrogens (primary N) is 1. The molecular formula is C33H45FN6O6S2. The van der Waals surface area contributed by atoms with Crippen LogP contribution in [0.1, 0.15) is 67.0 Å². The molecule has 5 N–H and O–H groups in total. The Bertz CT molecular complexity index is 1540. The molecule has 48 heavy (non-hydrogen) atoms. The summed E-state index contributed by atoms with van der Waals surface area (Å²) in [6.07, 6.45) is 0.950. The van der Waals surface area contributed by atoms with Crippen LogP contribution in [0, 0.1) is 19.7 Å². The molecule has 0 radical (unpaired) electrons. The van der Waals surface area contributed by atoms with Crippen molar-refractivity contribution in [2.75, 3.05) is 50.0 Å². The number of anilines is 1. The highest BCUT2D eigenvalue weighted by Gasteiger charge is 2.38. The average molecular weight is 705 g/mol. The van der Waals surface area contributed by atoms with Crippen molar-refractivity contribution in [1.29, 1.82) is 0 Å². The van der Waals surface area contributed by atoms with E-state index in [2.05, 4.69) is 34.4 Å². The third-order valence-electron chi connectivity index (χ3n) is 7.85. The van der Waals surface area contributed by atoms with Crippen LogP contribution in [0.5, 0.6) is 0 Å². The van der Waals surface area contributed by atoms with Gasteiger partial charge in [0, 0.05) is 35.3 Å². The fourth-order valence-corrected chi connectivity index (χ4v) is 7.21. The van der Waals surface area contributed by atoms with Gasteiger partial charge >= 0.3 is 6.09 Å². The Morgan fingerprint density at radius 2 is 1.90 bits per heavy atom. The van der Waals surface area contributed by atoms with E-state index in [1.54, 1.807) is 20.8 Å². The Labute approximate surface area is 288 Å². The van der Waals surface area contributed by atoms with Gasteiger partial charge in [-0.05, 0) is 83.6 Å². The number of carbonyl (C=O) groups excluding carboxylic acids is 5. The minimum Gasteiger partial charge on any atom is -0.448 e. The normalized spacial score (nSPS) is 14.6. The third-order valence-corrected chi connectivity index (χ3v) is 10.6. The third kappa shape index (κ3) is 9.94. The van der Waals surface area contributed by atoms with E-state index in [4.69, 9.17) is 10.5 Å². The van der Waals surface area contributed by atoms with Crippen LogP contribution >= 0.6 is 21.6 Å². The number of amides is 4. The lowest BCUT2D eigenvalue weighted by atomic mass is 10.0. The van der Waals surface area contributed by atoms with Crippen molar-refractivity contribution < 1.29 is 33.1 Å². The highest BCUT2D eigenvalue weighted by molar-refractivity contribution is 8.77. The van der Waals surface area contributed by atoms with E-state index >= 15 is 0 Å². The number of imide groups is 1. The van der Waals surface area contributed by atoms with Crippen LogP contribution in [0.15, 0.2) is 18.2 Å². The molecule has 4 amide bonds. The molecular weight excluding hydrogens is 660 g/mol. The number of H-pyrrole nitrogens is 1. The van der Waals surface area contributed by atoms with Crippen LogP contribution in [0.4, 0.5) is 14.9 Å². The number of carbonyl (C=O) groups is 5. The Hall–Kier alpha value is -3.66. The van der Waals surface area contributed by atoms with Gasteiger partial charge in [0.2, 0.25) is 5.91 Å². The summed E-state index contributed by atoms with van der Waals surface area (Å²) in [5.41, 5.74) is 8.13. The second-order valence-corrected chi connectivity index (χ2v) is 14.2. The highest BCUT2D eigenvalue weighted by atomic mass is 33.1. The van der Waals surface area contributed by atoms with E-state index in [0.29, 0.717) is 42.0 Å². The molecule has 0 bridgehead atoms. The average Bonchev–Trinajstić information content (AvgIpc) is 3.48. The first kappa shape index (κ1) is 38.8. The van der Waals surface area contributed by atoms with Crippen molar-refractivity contribution in [3.8, 4) is 0 Å². The summed E-state index contributed by atoms with van der Waals surface area (Å²) in [6, 6.07) is 3.06. The zero-order valence-corrected chi connectivity index (χ0v) is 29.9. The maximum absolute atomic E-state index is 14.4. The van der Waals surface area contributed by atoms with Gasteiger partial charge in [0.25, 0.3) is 11.8 Å². The van der Waals surface area contributed by atoms with Crippen LogP contribution in [-0.4, -0.2) is 95.9 Å². The summed E-state index contributed by atoms with van der Waals surface area (Å²) < 4.78 is 19.9. The van der Waals surface area contributed by atoms with Crippen molar-refractivity contribution in [3.63, 3.8) is 0 Å². The van der Waals surface area contributed by atoms with E-state index in [-0.39, 0.29) is 58.6 Å². The lowest BCUT2D eigenvalue weighted by molar-refractivity contribution is -0.125. The number of hydrogen-bond donors (Lipinski definition) is 4. The minimum absolute atomic E-state index is 0.0671. The number of nitrogens with one attached hydrogen (secondary N) is 3. The van der Waals surface area contributed by atoms with Gasteiger partial charge in [0.1, 0.15) is 12.4 Å². The molecule has 0 aliphatic carbocycles. The first-order chi connectivity index (χ1) is 22.8. The highest BCUT2D eigenvalue weighted by Crippen LogP contribution is 2.39. The number of Topliss-reactive ketones (excluding diaryl/α,β-unsaturated/α-hetero) is 1. The van der Waals surface area contributed by atoms with Crippen LogP contribution in [0.3, 0.4) is 0 Å². The van der Waals surface area contributed by atoms with Gasteiger partial charge < -0.3 is 31.0 Å². The number of aromatic nitrogens is 1. The van der Waals surface area contributed by atoms with Gasteiger partial charge in [-0.15, -0.1) is 0 Å². The number of aromatic amines is 1. The molecule has 0 spiro atoms. The van der Waals surface area contributed by atoms with Crippen LogP contribution in [0.25, 0.3) is 11.6 Å². The van der Waals surface area contributed by atoms with Crippen molar-refractivity contribution in [3.05, 3.63) is 52.1 Å². The van der Waals surface area contributed by atoms with Crippen LogP contribution in [-0.2, 0) is 19.1 Å². The standard InChI is InChI=1S/C33H45FN6O6S2/c1-7-39(8-2)14-13-36-31(43)30-20(4)27(37-21(30)5)16-25-24-15-23(34)9-10-28(24)40(32(25)44)33(45)46-17-19(3)48-47-18-29(42)38-26(11-12-35)22(6)41/h9-10,15-16,19,26,37H,7-8,11-14,17-18,35H2,1-6H3,(H,36,43)(H,38,42)/b25-16-/t19-,26+/m1/s1. The monoisotopic (exact) mass is 704 g/mol. The number of likely N-dealkylation sites (N-methyl/N-ethyl adjacent to an activating group) is 1. The van der Waals surface area contributed by atoms with E-state index < -0.39 is 23.9 Å². The van der Waals surface area contributed by atoms with Crippen molar-refractivity contribution in [2.24, 2.45) is 5.73 Å². The van der Waals surface area contributed by atoms with E-state index in [0.717, 1.165) is 24.1 Å². The number of halogens is 1. The van der Waals surface area contributed by atoms with Gasteiger partial charge in [-0.3, -0.25) is 19.2 Å². The molecule has 0 saturated heterocycles. The van der Waals surface area contributed by atoms with Crippen molar-refractivity contribution in [2.45, 2.75) is 59.3 Å². The Morgan fingerprint density at radius 3 is 2.54 bits per heavy atom. The number of rotatable bonds is 17. The summed E-state index contributed by atoms with van der Waals surface area (Å²) in [5, 5.41) is 5.36. The second kappa shape index (κ2) is 18.2. The molecule has 0 unspecified atom stereocenters. The molecule has 3 rings (SSSR count). The molecule has 0 saturated carbocycles. The molecule has 12 nitrogen and oxygen atoms in total. The Kier molecular flexibility index (Phi) is 14.7. The summed E-state index contributed by atoms with van der Waals surface area (Å²) in [7, 11) is 2.55. The number of hydrogen-bond acceptors (Lipinski definition) is 10. The second-order valence-electron chi connectivity index (χ2n) is 11.4. The van der Waals surface area contributed by atoms with Gasteiger partial charge in [0.05, 0.1) is 28.6 Å². The molecule has 2 atom stereocenters. The van der Waals surface area contributed by atoms with E-state index in [1.165, 1.54) is 46.7 Å². The zero-order chi connectivity index (χ0) is 35.5. The number of aryl methyl sites for hydroxylation is 1. The number of benzene rings is 1. The molecule has 1 aromatic carbocycles. The lowest BCUT2D eigenvalue weighted by Gasteiger charge is -2.18. The number of ether oxygens (including phenoxy) is 1. The quantitative estimate of drug-likeness (QED) is 0.139. The fraction of sp³-hybridized carbons (Fsp3) is 0.485. The lowest BCUT2D eigenvalue weighted by Crippen LogP contribution is -2.41. The van der Waals surface area contributed by atoms with Gasteiger partial charge in [0.15, 0.2) is 5.78 Å². The number of fused-ring (bicyclic) bond motifs is 1. The predicted molar refractivity (Wildman–Crippen MR) is 189 cm³/mol. The number of ketones is 1. The molecule has 1 aliphatic heterocycles. The SMILES string of the molecule is CCN(CC)CCNC(=O)c1c(C)[nH]c(/C=C2\C(=O)N(C(=O)OC[C@@H](C)SSCC(=O)N[C@@H](CCN)C(C)=O)c3ccc(F)cc32)c1C. The summed E-state index contributed by atoms with van der Waals surface area (Å²) >= 11 is 0. The molecule has 262 valence electrons. The Morgan fingerprint density at radius 1 is 1.19 bits per heavy atom. The maximum Gasteiger partial charge on any atom is 0.421 e. The smallest absolute Gasteiger partial charge is 0.421 e. The minimum atomic E-state index is -0.926. The first-order valence-corrected chi connectivity index (χ1v) is 18.2. The first-order valence-electron chi connectivity index (χ1n) is 15.8. The summed E-state index contributed by atoms with van der Waals surface area (Å²) in [5.74, 6) is -1.93. The topological polar surface area (TPSA) is 167 Å². The molecule has 2 aromatic rings. The van der Waals surface area contributed by atoms with Crippen LogP contribution < -0.4 is 21.3 Å². The van der Waals surface area contributed by atoms with Gasteiger partial charge in [-0.1, -0.05) is 35.4 Å². The largest absolute Gasteiger partial charge is 0.448 e. The summed E-state index contributed by atoms with van der Waals surface area (Å²) in [6.45, 7) is 14.0. The zero-order valence-electron chi connectivity index (χ0n) is 28.2. The fourth-order valence-electron chi connectivity index (χ4n) is 5.21. The molecule has 2 heterocycles. The maximum atomic E-state index is 14.4. The van der Waals surface area contributed by atoms with E-state index in [1.807, 2.05) is 0 Å². The van der Waals surface area contributed by atoms with Gasteiger partial charge in [-0.25, -0.2) is 14.1 Å². The predicted octanol–water partition coefficient (Wildman–Crippen LogP) is 4.06. The molecule has 1 aromatic heterocycles. The van der Waals surface area contributed by atoms with Crippen molar-refractivity contribution >= 4 is 68.5 Å². The molecule has 15 heteroatoms. The Balaban J connectivity index is 1.68. The molecule has 0 fully saturated rings. The van der Waals surface area contributed by atoms with E-state index in [9.17, 15) is 28.4 Å².